The Morgan fingerprint density at radius 2 is 1.82 bits per heavy atom. The van der Waals surface area contributed by atoms with Crippen LogP contribution in [0.1, 0.15) is 45.4 Å². The van der Waals surface area contributed by atoms with E-state index in [-0.39, 0.29) is 24.9 Å². The molecule has 15 nitrogen and oxygen atoms in total. The molecular weight excluding hydrogens is 541 g/mol. The van der Waals surface area contributed by atoms with Crippen molar-refractivity contribution in [3.05, 3.63) is 32.6 Å². The maximum atomic E-state index is 13.3. The van der Waals surface area contributed by atoms with Gasteiger partial charge >= 0.3 is 25.2 Å². The smallest absolute Gasteiger partial charge is 0.331 e. The molecule has 1 aliphatic rings. The molecule has 0 saturated carbocycles. The molecule has 0 aliphatic carbocycles. The number of aromatic nitrogens is 2. The number of esters is 1. The molecule has 1 aromatic heterocycles. The number of rotatable bonds is 15. The molecule has 16 heteroatoms. The zero-order chi connectivity index (χ0) is 29.3. The lowest BCUT2D eigenvalue weighted by molar-refractivity contribution is -0.161. The number of carbonyl (C=O) groups excluding carboxylic acids is 2. The first kappa shape index (κ1) is 32.4. The first-order chi connectivity index (χ1) is 18.3. The summed E-state index contributed by atoms with van der Waals surface area (Å²) in [7, 11) is -2.22. The molecule has 1 amide bonds. The number of aryl methyl sites for hydroxylation is 1. The number of hydrogen-bond donors (Lipinski definition) is 3. The average molecular weight is 578 g/mol. The molecule has 0 aromatic carbocycles. The van der Waals surface area contributed by atoms with Crippen LogP contribution >= 0.6 is 7.60 Å². The Morgan fingerprint density at radius 3 is 2.38 bits per heavy atom. The summed E-state index contributed by atoms with van der Waals surface area (Å²) in [4.78, 5) is 62.4. The van der Waals surface area contributed by atoms with Crippen LogP contribution in [0.2, 0.25) is 0 Å². The highest BCUT2D eigenvalue weighted by molar-refractivity contribution is 7.53. The molecule has 1 aliphatic heterocycles. The van der Waals surface area contributed by atoms with Crippen molar-refractivity contribution in [2.24, 2.45) is 5.92 Å². The maximum absolute atomic E-state index is 13.3. The number of carboxylic acid groups (broad SMARTS) is 1. The SMILES string of the molecule is CCOP(=O)(C[C@H](C)[C@H]1O[C@@H](n2cc(C)c(=O)[nH]c2=O)[C@H](OCC(=O)NC)[C@@H]1OC(=O)CCC(=O)O)OCC. The maximum Gasteiger partial charge on any atom is 0.331 e. The Hall–Kier alpha value is -2.84. The molecule has 5 atom stereocenters. The van der Waals surface area contributed by atoms with Gasteiger partial charge in [0, 0.05) is 18.8 Å². The van der Waals surface area contributed by atoms with Crippen molar-refractivity contribution in [2.45, 2.75) is 65.1 Å². The van der Waals surface area contributed by atoms with Crippen LogP contribution in [0.15, 0.2) is 15.8 Å². The summed E-state index contributed by atoms with van der Waals surface area (Å²) in [5.74, 6) is -3.31. The normalized spacial score (nSPS) is 21.9. The van der Waals surface area contributed by atoms with Gasteiger partial charge in [0.05, 0.1) is 32.2 Å². The number of amides is 1. The van der Waals surface area contributed by atoms with Gasteiger partial charge in [-0.3, -0.25) is 33.3 Å². The number of carboxylic acids is 1. The van der Waals surface area contributed by atoms with Crippen molar-refractivity contribution in [3.63, 3.8) is 0 Å². The first-order valence-corrected chi connectivity index (χ1v) is 14.2. The van der Waals surface area contributed by atoms with Gasteiger partial charge in [0.15, 0.2) is 12.3 Å². The van der Waals surface area contributed by atoms with E-state index in [1.807, 2.05) is 0 Å². The first-order valence-electron chi connectivity index (χ1n) is 12.4. The second kappa shape index (κ2) is 14.5. The fourth-order valence-corrected chi connectivity index (χ4v) is 6.08. The van der Waals surface area contributed by atoms with Crippen LogP contribution in [0.4, 0.5) is 0 Å². The predicted octanol–water partition coefficient (Wildman–Crippen LogP) is 0.552. The lowest BCUT2D eigenvalue weighted by atomic mass is 9.99. The largest absolute Gasteiger partial charge is 0.481 e. The van der Waals surface area contributed by atoms with E-state index in [0.29, 0.717) is 0 Å². The molecule has 0 spiro atoms. The zero-order valence-corrected chi connectivity index (χ0v) is 23.4. The Labute approximate surface area is 224 Å². The number of H-pyrrole nitrogens is 1. The third kappa shape index (κ3) is 8.83. The van der Waals surface area contributed by atoms with E-state index < -0.39 is 86.6 Å². The minimum Gasteiger partial charge on any atom is -0.481 e. The molecule has 1 fully saturated rings. The van der Waals surface area contributed by atoms with E-state index in [9.17, 15) is 28.5 Å². The summed E-state index contributed by atoms with van der Waals surface area (Å²) in [5, 5.41) is 11.3. The lowest BCUT2D eigenvalue weighted by Gasteiger charge is -2.28. The van der Waals surface area contributed by atoms with Crippen LogP contribution in [0.25, 0.3) is 0 Å². The summed E-state index contributed by atoms with van der Waals surface area (Å²) in [5.41, 5.74) is -1.29. The summed E-state index contributed by atoms with van der Waals surface area (Å²) < 4.78 is 42.6. The fourth-order valence-electron chi connectivity index (χ4n) is 4.09. The molecule has 0 unspecified atom stereocenters. The van der Waals surface area contributed by atoms with Crippen molar-refractivity contribution >= 4 is 25.4 Å². The fraction of sp³-hybridized carbons (Fsp3) is 0.696. The minimum absolute atomic E-state index is 0.107. The lowest BCUT2D eigenvalue weighted by Crippen LogP contribution is -2.44. The van der Waals surface area contributed by atoms with Crippen molar-refractivity contribution in [1.29, 1.82) is 0 Å². The predicted molar refractivity (Wildman–Crippen MR) is 135 cm³/mol. The van der Waals surface area contributed by atoms with E-state index in [4.69, 9.17) is 28.4 Å². The molecule has 1 saturated heterocycles. The molecule has 0 bridgehead atoms. The number of aliphatic carboxylic acids is 1. The van der Waals surface area contributed by atoms with Crippen molar-refractivity contribution in [1.82, 2.24) is 14.9 Å². The van der Waals surface area contributed by atoms with Crippen LogP contribution in [-0.4, -0.2) is 83.8 Å². The number of aromatic amines is 1. The van der Waals surface area contributed by atoms with Crippen LogP contribution < -0.4 is 16.6 Å². The van der Waals surface area contributed by atoms with Crippen LogP contribution in [0, 0.1) is 12.8 Å². The van der Waals surface area contributed by atoms with E-state index in [1.165, 1.54) is 20.2 Å². The Balaban J connectivity index is 2.54. The Morgan fingerprint density at radius 1 is 1.18 bits per heavy atom. The molecule has 1 aromatic rings. The van der Waals surface area contributed by atoms with Crippen LogP contribution in [0.3, 0.4) is 0 Å². The average Bonchev–Trinajstić information content (AvgIpc) is 3.21. The van der Waals surface area contributed by atoms with E-state index >= 15 is 0 Å². The van der Waals surface area contributed by atoms with Gasteiger partial charge in [-0.15, -0.1) is 0 Å². The van der Waals surface area contributed by atoms with Crippen LogP contribution in [0.5, 0.6) is 0 Å². The second-order valence-corrected chi connectivity index (χ2v) is 11.0. The Kier molecular flexibility index (Phi) is 12.1. The second-order valence-electron chi connectivity index (χ2n) is 8.87. The zero-order valence-electron chi connectivity index (χ0n) is 22.5. The summed E-state index contributed by atoms with van der Waals surface area (Å²) in [6, 6.07) is 0. The molecule has 0 radical (unpaired) electrons. The molecule has 220 valence electrons. The monoisotopic (exact) mass is 577 g/mol. The van der Waals surface area contributed by atoms with Gasteiger partial charge in [-0.25, -0.2) is 4.79 Å². The number of hydrogen-bond acceptors (Lipinski definition) is 11. The quantitative estimate of drug-likeness (QED) is 0.193. The number of ether oxygens (including phenoxy) is 3. The molecule has 39 heavy (non-hydrogen) atoms. The van der Waals surface area contributed by atoms with Gasteiger partial charge in [0.25, 0.3) is 5.56 Å². The van der Waals surface area contributed by atoms with E-state index in [1.54, 1.807) is 20.8 Å². The van der Waals surface area contributed by atoms with Gasteiger partial charge in [-0.1, -0.05) is 6.92 Å². The topological polar surface area (TPSA) is 202 Å². The van der Waals surface area contributed by atoms with Gasteiger partial charge in [0.1, 0.15) is 18.8 Å². The summed E-state index contributed by atoms with van der Waals surface area (Å²) in [6.07, 6.45) is -4.76. The van der Waals surface area contributed by atoms with Crippen molar-refractivity contribution in [3.8, 4) is 0 Å². The van der Waals surface area contributed by atoms with Crippen molar-refractivity contribution in [2.75, 3.05) is 33.0 Å². The third-order valence-corrected chi connectivity index (χ3v) is 8.19. The molecule has 2 heterocycles. The van der Waals surface area contributed by atoms with Gasteiger partial charge in [-0.05, 0) is 26.7 Å². The van der Waals surface area contributed by atoms with Crippen molar-refractivity contribution < 1.29 is 47.3 Å². The van der Waals surface area contributed by atoms with Gasteiger partial charge in [0.2, 0.25) is 5.91 Å². The molecule has 3 N–H and O–H groups in total. The van der Waals surface area contributed by atoms with Gasteiger partial charge < -0.3 is 33.7 Å². The third-order valence-electron chi connectivity index (χ3n) is 5.87. The number of nitrogens with zero attached hydrogens (tertiary/aromatic N) is 1. The summed E-state index contributed by atoms with van der Waals surface area (Å²) >= 11 is 0. The van der Waals surface area contributed by atoms with E-state index in [0.717, 1.165) is 4.57 Å². The molecular formula is C23H36N3O12P. The number of carbonyl (C=O) groups is 3. The highest BCUT2D eigenvalue weighted by Crippen LogP contribution is 2.51. The number of nitrogens with one attached hydrogen (secondary N) is 2. The molecule has 2 rings (SSSR count). The number of likely N-dealkylation sites (N-methyl/N-ethyl adjacent to an activating group) is 1. The Bertz CT molecular complexity index is 1170. The summed E-state index contributed by atoms with van der Waals surface area (Å²) in [6.45, 7) is 6.13. The van der Waals surface area contributed by atoms with Crippen LogP contribution in [-0.2, 0) is 42.2 Å². The highest BCUT2D eigenvalue weighted by Gasteiger charge is 2.52. The van der Waals surface area contributed by atoms with Gasteiger partial charge in [-0.2, -0.15) is 0 Å². The highest BCUT2D eigenvalue weighted by atomic mass is 31.2. The standard InChI is InChI=1S/C23H36N3O12P/c1-6-35-39(33,36-7-2)12-14(4)18-19(37-17(30)9-8-16(28)29)20(34-11-15(27)24-5)22(38-18)26-10-13(3)21(31)25-23(26)32/h10,14,18-20,22H,6-9,11-12H2,1-5H3,(H,24,27)(H,28,29)(H,25,31,32)/t14-,18+,19+,20+,22+/m0/s1. The minimum atomic E-state index is -3.60. The van der Waals surface area contributed by atoms with E-state index in [2.05, 4.69) is 10.3 Å².